The molecule has 104 valence electrons. The Hall–Kier alpha value is -1.32. The average Bonchev–Trinajstić information content (AvgIpc) is 3.03. The maximum absolute atomic E-state index is 4.68. The Morgan fingerprint density at radius 3 is 2.53 bits per heavy atom. The lowest BCUT2D eigenvalue weighted by atomic mass is 9.95. The first-order valence-corrected chi connectivity index (χ1v) is 7.53. The predicted molar refractivity (Wildman–Crippen MR) is 78.6 cm³/mol. The van der Waals surface area contributed by atoms with Crippen molar-refractivity contribution in [1.29, 1.82) is 0 Å². The molecule has 0 radical (unpaired) electrons. The van der Waals surface area contributed by atoms with Gasteiger partial charge in [0, 0.05) is 25.1 Å². The summed E-state index contributed by atoms with van der Waals surface area (Å²) < 4.78 is 0. The zero-order chi connectivity index (χ0) is 13.4. The first-order valence-electron chi connectivity index (χ1n) is 7.53. The number of fused-ring (bicyclic) bond motifs is 2. The molecule has 0 saturated heterocycles. The van der Waals surface area contributed by atoms with Crippen LogP contribution in [0, 0.1) is 18.8 Å². The Labute approximate surface area is 115 Å². The van der Waals surface area contributed by atoms with Gasteiger partial charge in [-0.05, 0) is 38.0 Å². The summed E-state index contributed by atoms with van der Waals surface area (Å²) in [6.07, 6.45) is 6.45. The summed E-state index contributed by atoms with van der Waals surface area (Å²) in [5.74, 6) is 4.73. The molecule has 1 aromatic rings. The molecule has 2 N–H and O–H groups in total. The van der Waals surface area contributed by atoms with Crippen LogP contribution in [0.25, 0.3) is 0 Å². The topological polar surface area (TPSA) is 49.8 Å². The monoisotopic (exact) mass is 260 g/mol. The van der Waals surface area contributed by atoms with Crippen molar-refractivity contribution in [3.05, 3.63) is 11.4 Å². The van der Waals surface area contributed by atoms with E-state index in [1.165, 1.54) is 25.7 Å². The van der Waals surface area contributed by atoms with Crippen LogP contribution in [0.2, 0.25) is 0 Å². The smallest absolute Gasteiger partial charge is 0.135 e. The summed E-state index contributed by atoms with van der Waals surface area (Å²) in [5, 5.41) is 6.88. The standard InChI is InChI=1S/C15H24N4/c1-4-13-18-14(16-3)9(2)15(19-13)17-12-8-10-5-6-11(12)7-10/h10-12H,4-8H2,1-3H3,(H2,16,17,18,19). The van der Waals surface area contributed by atoms with Crippen LogP contribution in [0.3, 0.4) is 0 Å². The molecule has 0 aliphatic heterocycles. The second-order valence-electron chi connectivity index (χ2n) is 5.99. The van der Waals surface area contributed by atoms with Gasteiger partial charge in [0.05, 0.1) is 0 Å². The highest BCUT2D eigenvalue weighted by Crippen LogP contribution is 2.45. The zero-order valence-corrected chi connectivity index (χ0v) is 12.2. The van der Waals surface area contributed by atoms with E-state index in [2.05, 4.69) is 34.4 Å². The largest absolute Gasteiger partial charge is 0.373 e. The van der Waals surface area contributed by atoms with Crippen LogP contribution in [-0.2, 0) is 6.42 Å². The van der Waals surface area contributed by atoms with Gasteiger partial charge in [0.1, 0.15) is 17.5 Å². The molecule has 0 aromatic carbocycles. The zero-order valence-electron chi connectivity index (χ0n) is 12.2. The maximum Gasteiger partial charge on any atom is 0.135 e. The summed E-state index contributed by atoms with van der Waals surface area (Å²) in [6, 6.07) is 0.627. The lowest BCUT2D eigenvalue weighted by molar-refractivity contribution is 0.438. The minimum atomic E-state index is 0.627. The second-order valence-corrected chi connectivity index (χ2v) is 5.99. The molecule has 0 amide bonds. The molecule has 4 heteroatoms. The number of hydrogen-bond donors (Lipinski definition) is 2. The van der Waals surface area contributed by atoms with Crippen molar-refractivity contribution in [2.45, 2.75) is 52.0 Å². The van der Waals surface area contributed by atoms with Crippen molar-refractivity contribution < 1.29 is 0 Å². The van der Waals surface area contributed by atoms with Crippen molar-refractivity contribution in [3.8, 4) is 0 Å². The molecule has 2 saturated carbocycles. The molecule has 3 unspecified atom stereocenters. The lowest BCUT2D eigenvalue weighted by Gasteiger charge is -2.25. The number of aromatic nitrogens is 2. The molecule has 3 atom stereocenters. The van der Waals surface area contributed by atoms with E-state index >= 15 is 0 Å². The second kappa shape index (κ2) is 4.99. The van der Waals surface area contributed by atoms with Crippen LogP contribution >= 0.6 is 0 Å². The fourth-order valence-corrected chi connectivity index (χ4v) is 3.70. The Morgan fingerprint density at radius 1 is 1.16 bits per heavy atom. The van der Waals surface area contributed by atoms with Gasteiger partial charge in [-0.1, -0.05) is 13.3 Å². The quantitative estimate of drug-likeness (QED) is 0.874. The molecular formula is C15H24N4. The van der Waals surface area contributed by atoms with E-state index < -0.39 is 0 Å². The average molecular weight is 260 g/mol. The Kier molecular flexibility index (Phi) is 3.33. The molecule has 1 heterocycles. The van der Waals surface area contributed by atoms with Gasteiger partial charge in [-0.3, -0.25) is 0 Å². The van der Waals surface area contributed by atoms with Gasteiger partial charge in [0.15, 0.2) is 0 Å². The van der Waals surface area contributed by atoms with Crippen molar-refractivity contribution in [3.63, 3.8) is 0 Å². The van der Waals surface area contributed by atoms with Crippen LogP contribution < -0.4 is 10.6 Å². The first-order chi connectivity index (χ1) is 9.21. The summed E-state index contributed by atoms with van der Waals surface area (Å²) >= 11 is 0. The van der Waals surface area contributed by atoms with E-state index in [1.54, 1.807) is 0 Å². The van der Waals surface area contributed by atoms with Crippen molar-refractivity contribution in [1.82, 2.24) is 9.97 Å². The maximum atomic E-state index is 4.68. The molecule has 0 spiro atoms. The SMILES string of the molecule is CCc1nc(NC)c(C)c(NC2CC3CCC2C3)n1. The number of nitrogens with zero attached hydrogens (tertiary/aromatic N) is 2. The number of rotatable bonds is 4. The van der Waals surface area contributed by atoms with Gasteiger partial charge in [0.2, 0.25) is 0 Å². The van der Waals surface area contributed by atoms with Gasteiger partial charge in [-0.2, -0.15) is 0 Å². The minimum Gasteiger partial charge on any atom is -0.373 e. The fraction of sp³-hybridized carbons (Fsp3) is 0.733. The molecule has 2 aliphatic rings. The molecule has 3 rings (SSSR count). The Balaban J connectivity index is 1.83. The van der Waals surface area contributed by atoms with E-state index in [0.717, 1.165) is 41.3 Å². The number of hydrogen-bond acceptors (Lipinski definition) is 4. The summed E-state index contributed by atoms with van der Waals surface area (Å²) in [4.78, 5) is 9.21. The normalized spacial score (nSPS) is 28.7. The van der Waals surface area contributed by atoms with Crippen LogP contribution in [0.4, 0.5) is 11.6 Å². The molecule has 1 aromatic heterocycles. The van der Waals surface area contributed by atoms with E-state index in [0.29, 0.717) is 6.04 Å². The number of aryl methyl sites for hydroxylation is 1. The highest BCUT2D eigenvalue weighted by Gasteiger charge is 2.39. The van der Waals surface area contributed by atoms with E-state index in [9.17, 15) is 0 Å². The van der Waals surface area contributed by atoms with E-state index in [4.69, 9.17) is 0 Å². The fourth-order valence-electron chi connectivity index (χ4n) is 3.70. The van der Waals surface area contributed by atoms with Crippen molar-refractivity contribution in [2.24, 2.45) is 11.8 Å². The molecule has 19 heavy (non-hydrogen) atoms. The highest BCUT2D eigenvalue weighted by atomic mass is 15.1. The van der Waals surface area contributed by atoms with Crippen LogP contribution in [0.15, 0.2) is 0 Å². The predicted octanol–water partition coefficient (Wildman–Crippen LogP) is 2.99. The molecule has 4 nitrogen and oxygen atoms in total. The third-order valence-corrected chi connectivity index (χ3v) is 4.81. The first kappa shape index (κ1) is 12.7. The van der Waals surface area contributed by atoms with E-state index in [1.807, 2.05) is 7.05 Å². The molecule has 2 fully saturated rings. The van der Waals surface area contributed by atoms with Gasteiger partial charge < -0.3 is 10.6 Å². The number of nitrogens with one attached hydrogen (secondary N) is 2. The van der Waals surface area contributed by atoms with Crippen LogP contribution in [0.5, 0.6) is 0 Å². The minimum absolute atomic E-state index is 0.627. The molecule has 2 aliphatic carbocycles. The summed E-state index contributed by atoms with van der Waals surface area (Å²) in [5.41, 5.74) is 1.14. The van der Waals surface area contributed by atoms with Crippen molar-refractivity contribution >= 4 is 11.6 Å². The summed E-state index contributed by atoms with van der Waals surface area (Å²) in [7, 11) is 1.93. The van der Waals surface area contributed by atoms with E-state index in [-0.39, 0.29) is 0 Å². The van der Waals surface area contributed by atoms with Crippen molar-refractivity contribution in [2.75, 3.05) is 17.7 Å². The van der Waals surface area contributed by atoms with Gasteiger partial charge in [-0.25, -0.2) is 9.97 Å². The van der Waals surface area contributed by atoms with Gasteiger partial charge in [0.25, 0.3) is 0 Å². The molecule has 2 bridgehead atoms. The Morgan fingerprint density at radius 2 is 1.95 bits per heavy atom. The highest BCUT2D eigenvalue weighted by molar-refractivity contribution is 5.57. The van der Waals surface area contributed by atoms with Crippen LogP contribution in [-0.4, -0.2) is 23.1 Å². The van der Waals surface area contributed by atoms with Crippen LogP contribution in [0.1, 0.15) is 44.0 Å². The third-order valence-electron chi connectivity index (χ3n) is 4.81. The number of anilines is 2. The Bertz CT molecular complexity index is 471. The summed E-state index contributed by atoms with van der Waals surface area (Å²) in [6.45, 7) is 4.20. The van der Waals surface area contributed by atoms with Gasteiger partial charge >= 0.3 is 0 Å². The van der Waals surface area contributed by atoms with Gasteiger partial charge in [-0.15, -0.1) is 0 Å². The lowest BCUT2D eigenvalue weighted by Crippen LogP contribution is -2.27. The molecular weight excluding hydrogens is 236 g/mol. The third kappa shape index (κ3) is 2.28.